The molecular formula is C14H17ClN2O6. The summed E-state index contributed by atoms with van der Waals surface area (Å²) in [6.07, 6.45) is 0. The fourth-order valence-electron chi connectivity index (χ4n) is 1.56. The molecule has 0 radical (unpaired) electrons. The Labute approximate surface area is 138 Å². The molecule has 0 aromatic heterocycles. The van der Waals surface area contributed by atoms with Gasteiger partial charge >= 0.3 is 12.0 Å². The number of hydrogen-bond acceptors (Lipinski definition) is 6. The van der Waals surface area contributed by atoms with Crippen LogP contribution in [0.1, 0.15) is 17.3 Å². The lowest BCUT2D eigenvalue weighted by Gasteiger charge is -2.12. The maximum absolute atomic E-state index is 11.9. The van der Waals surface area contributed by atoms with E-state index >= 15 is 0 Å². The standard InChI is InChI=1S/C14H17ClN2O6/c1-4-22-12-9(15)5-8(6-10(12)21-3)13(19)23-7-11(18)17-14(20)16-2/h5-6H,4,7H2,1-3H3,(H2,16,17,18,20). The Balaban J connectivity index is 2.78. The number of amides is 3. The zero-order valence-corrected chi connectivity index (χ0v) is 13.7. The van der Waals surface area contributed by atoms with Crippen molar-refractivity contribution in [2.24, 2.45) is 0 Å². The fourth-order valence-corrected chi connectivity index (χ4v) is 1.83. The largest absolute Gasteiger partial charge is 0.493 e. The minimum atomic E-state index is -0.791. The van der Waals surface area contributed by atoms with Crippen molar-refractivity contribution in [2.45, 2.75) is 6.92 Å². The molecule has 3 amide bonds. The van der Waals surface area contributed by atoms with E-state index in [1.165, 1.54) is 26.3 Å². The quantitative estimate of drug-likeness (QED) is 0.755. The number of urea groups is 1. The minimum absolute atomic E-state index is 0.0862. The lowest BCUT2D eigenvalue weighted by Crippen LogP contribution is -2.39. The molecule has 0 aliphatic heterocycles. The molecule has 0 spiro atoms. The van der Waals surface area contributed by atoms with Crippen molar-refractivity contribution >= 4 is 29.5 Å². The number of benzene rings is 1. The number of carbonyl (C=O) groups is 3. The fraction of sp³-hybridized carbons (Fsp3) is 0.357. The number of halogens is 1. The van der Waals surface area contributed by atoms with Gasteiger partial charge in [-0.25, -0.2) is 9.59 Å². The molecule has 2 N–H and O–H groups in total. The maximum Gasteiger partial charge on any atom is 0.338 e. The Morgan fingerprint density at radius 2 is 1.96 bits per heavy atom. The molecule has 1 rings (SSSR count). The number of imide groups is 1. The summed E-state index contributed by atoms with van der Waals surface area (Å²) in [5.74, 6) is -0.978. The number of nitrogens with one attached hydrogen (secondary N) is 2. The maximum atomic E-state index is 11.9. The second kappa shape index (κ2) is 8.84. The third kappa shape index (κ3) is 5.33. The van der Waals surface area contributed by atoms with Crippen LogP contribution in [0.15, 0.2) is 12.1 Å². The van der Waals surface area contributed by atoms with Gasteiger partial charge in [0.05, 0.1) is 24.3 Å². The van der Waals surface area contributed by atoms with Crippen LogP contribution in [0.25, 0.3) is 0 Å². The van der Waals surface area contributed by atoms with E-state index in [9.17, 15) is 14.4 Å². The molecule has 8 nitrogen and oxygen atoms in total. The van der Waals surface area contributed by atoms with Crippen LogP contribution in [0.2, 0.25) is 5.02 Å². The first-order chi connectivity index (χ1) is 10.9. The predicted molar refractivity (Wildman–Crippen MR) is 82.1 cm³/mol. The van der Waals surface area contributed by atoms with Crippen molar-refractivity contribution in [3.8, 4) is 11.5 Å². The molecule has 0 aliphatic rings. The lowest BCUT2D eigenvalue weighted by atomic mass is 10.2. The molecule has 0 aliphatic carbocycles. The van der Waals surface area contributed by atoms with Gasteiger partial charge < -0.3 is 19.5 Å². The zero-order valence-electron chi connectivity index (χ0n) is 12.9. The number of esters is 1. The van der Waals surface area contributed by atoms with Gasteiger partial charge in [0.1, 0.15) is 0 Å². The van der Waals surface area contributed by atoms with Crippen LogP contribution in [0.5, 0.6) is 11.5 Å². The summed E-state index contributed by atoms with van der Waals surface area (Å²) < 4.78 is 15.2. The minimum Gasteiger partial charge on any atom is -0.493 e. The number of carbonyl (C=O) groups excluding carboxylic acids is 3. The van der Waals surface area contributed by atoms with E-state index in [1.54, 1.807) is 6.92 Å². The Hall–Kier alpha value is -2.48. The van der Waals surface area contributed by atoms with Gasteiger partial charge in [0, 0.05) is 7.05 Å². The molecule has 0 atom stereocenters. The van der Waals surface area contributed by atoms with Crippen LogP contribution in [-0.2, 0) is 9.53 Å². The van der Waals surface area contributed by atoms with E-state index < -0.39 is 24.5 Å². The molecule has 1 aromatic carbocycles. The van der Waals surface area contributed by atoms with Crippen molar-refractivity contribution in [2.75, 3.05) is 27.4 Å². The molecule has 0 fully saturated rings. The smallest absolute Gasteiger partial charge is 0.338 e. The Morgan fingerprint density at radius 3 is 2.52 bits per heavy atom. The molecule has 0 bridgehead atoms. The Bertz CT molecular complexity index is 605. The van der Waals surface area contributed by atoms with Crippen molar-refractivity contribution in [3.63, 3.8) is 0 Å². The number of methoxy groups -OCH3 is 1. The summed E-state index contributed by atoms with van der Waals surface area (Å²) in [6, 6.07) is 2.03. The highest BCUT2D eigenvalue weighted by Gasteiger charge is 2.18. The average Bonchev–Trinajstić information content (AvgIpc) is 2.54. The summed E-state index contributed by atoms with van der Waals surface area (Å²) in [5, 5.41) is 4.33. The Morgan fingerprint density at radius 1 is 1.26 bits per heavy atom. The van der Waals surface area contributed by atoms with Crippen LogP contribution >= 0.6 is 11.6 Å². The average molecular weight is 345 g/mol. The highest BCUT2D eigenvalue weighted by Crippen LogP contribution is 2.36. The van der Waals surface area contributed by atoms with Gasteiger partial charge in [-0.3, -0.25) is 10.1 Å². The van der Waals surface area contributed by atoms with E-state index in [1.807, 2.05) is 5.32 Å². The number of hydrogen-bond donors (Lipinski definition) is 2. The molecule has 0 saturated carbocycles. The normalized spacial score (nSPS) is 9.74. The van der Waals surface area contributed by atoms with E-state index in [0.29, 0.717) is 12.4 Å². The predicted octanol–water partition coefficient (Wildman–Crippen LogP) is 1.36. The van der Waals surface area contributed by atoms with Crippen LogP contribution in [-0.4, -0.2) is 45.3 Å². The molecule has 126 valence electrons. The first-order valence-electron chi connectivity index (χ1n) is 6.61. The van der Waals surface area contributed by atoms with Gasteiger partial charge in [0.25, 0.3) is 5.91 Å². The topological polar surface area (TPSA) is 103 Å². The van der Waals surface area contributed by atoms with Crippen LogP contribution in [0.3, 0.4) is 0 Å². The van der Waals surface area contributed by atoms with E-state index in [2.05, 4.69) is 5.32 Å². The SMILES string of the molecule is CCOc1c(Cl)cc(C(=O)OCC(=O)NC(=O)NC)cc1OC. The van der Waals surface area contributed by atoms with Crippen molar-refractivity contribution in [1.82, 2.24) is 10.6 Å². The van der Waals surface area contributed by atoms with Crippen LogP contribution in [0.4, 0.5) is 4.79 Å². The molecule has 0 saturated heterocycles. The van der Waals surface area contributed by atoms with Gasteiger partial charge in [-0.05, 0) is 19.1 Å². The second-order valence-corrected chi connectivity index (χ2v) is 4.53. The molecule has 0 unspecified atom stereocenters. The van der Waals surface area contributed by atoms with Gasteiger partial charge in [-0.15, -0.1) is 0 Å². The Kier molecular flexibility index (Phi) is 7.14. The van der Waals surface area contributed by atoms with Gasteiger partial charge in [-0.2, -0.15) is 0 Å². The zero-order chi connectivity index (χ0) is 17.4. The summed E-state index contributed by atoms with van der Waals surface area (Å²) >= 11 is 6.04. The molecule has 1 aromatic rings. The lowest BCUT2D eigenvalue weighted by molar-refractivity contribution is -0.123. The van der Waals surface area contributed by atoms with E-state index in [4.69, 9.17) is 25.8 Å². The van der Waals surface area contributed by atoms with E-state index in [0.717, 1.165) is 0 Å². The van der Waals surface area contributed by atoms with Crippen molar-refractivity contribution in [1.29, 1.82) is 0 Å². The third-order valence-electron chi connectivity index (χ3n) is 2.57. The van der Waals surface area contributed by atoms with Crippen LogP contribution in [0, 0.1) is 0 Å². The summed E-state index contributed by atoms with van der Waals surface area (Å²) in [5.41, 5.74) is 0.0862. The second-order valence-electron chi connectivity index (χ2n) is 4.13. The van der Waals surface area contributed by atoms with Gasteiger partial charge in [-0.1, -0.05) is 11.6 Å². The monoisotopic (exact) mass is 344 g/mol. The third-order valence-corrected chi connectivity index (χ3v) is 2.85. The summed E-state index contributed by atoms with van der Waals surface area (Å²) in [6.45, 7) is 1.54. The highest BCUT2D eigenvalue weighted by molar-refractivity contribution is 6.32. The molecule has 9 heteroatoms. The number of rotatable bonds is 6. The number of ether oxygens (including phenoxy) is 3. The van der Waals surface area contributed by atoms with E-state index in [-0.39, 0.29) is 16.3 Å². The molecule has 0 heterocycles. The molecule has 23 heavy (non-hydrogen) atoms. The first kappa shape index (κ1) is 18.6. The summed E-state index contributed by atoms with van der Waals surface area (Å²) in [7, 11) is 2.75. The van der Waals surface area contributed by atoms with Gasteiger partial charge in [0.15, 0.2) is 18.1 Å². The highest BCUT2D eigenvalue weighted by atomic mass is 35.5. The molecular weight excluding hydrogens is 328 g/mol. The van der Waals surface area contributed by atoms with Crippen LogP contribution < -0.4 is 20.1 Å². The van der Waals surface area contributed by atoms with Gasteiger partial charge in [0.2, 0.25) is 0 Å². The first-order valence-corrected chi connectivity index (χ1v) is 6.99. The summed E-state index contributed by atoms with van der Waals surface area (Å²) in [4.78, 5) is 34.2. The van der Waals surface area contributed by atoms with Crippen molar-refractivity contribution in [3.05, 3.63) is 22.7 Å². The van der Waals surface area contributed by atoms with Crippen molar-refractivity contribution < 1.29 is 28.6 Å².